The van der Waals surface area contributed by atoms with E-state index >= 15 is 0 Å². The minimum Gasteiger partial charge on any atom is -0.330 e. The number of anilines is 1. The van der Waals surface area contributed by atoms with Gasteiger partial charge in [-0.15, -0.1) is 12.4 Å². The molecule has 0 aliphatic carbocycles. The first kappa shape index (κ1) is 16.7. The van der Waals surface area contributed by atoms with Gasteiger partial charge in [0.05, 0.1) is 5.69 Å². The van der Waals surface area contributed by atoms with Gasteiger partial charge in [0.1, 0.15) is 5.71 Å². The summed E-state index contributed by atoms with van der Waals surface area (Å²) in [6, 6.07) is 8.48. The number of para-hydroxylation sites is 1. The number of nitrogens with zero attached hydrogens (tertiary/aromatic N) is 1. The van der Waals surface area contributed by atoms with E-state index in [1.165, 1.54) is 0 Å². The molecule has 0 fully saturated rings. The summed E-state index contributed by atoms with van der Waals surface area (Å²) in [5.41, 5.74) is 7.25. The third kappa shape index (κ3) is 5.88. The minimum atomic E-state index is -4.42. The van der Waals surface area contributed by atoms with Crippen LogP contribution in [0.5, 0.6) is 0 Å². The lowest BCUT2D eigenvalue weighted by Gasteiger charge is -2.10. The molecule has 102 valence electrons. The first-order valence-corrected chi connectivity index (χ1v) is 5.19. The highest BCUT2D eigenvalue weighted by atomic mass is 35.5. The zero-order chi connectivity index (χ0) is 12.7. The molecule has 0 heterocycles. The van der Waals surface area contributed by atoms with E-state index in [4.69, 9.17) is 5.73 Å². The van der Waals surface area contributed by atoms with Crippen molar-refractivity contribution < 1.29 is 13.2 Å². The lowest BCUT2D eigenvalue weighted by atomic mass is 10.2. The van der Waals surface area contributed by atoms with E-state index in [1.54, 1.807) is 30.3 Å². The van der Waals surface area contributed by atoms with E-state index < -0.39 is 11.9 Å². The van der Waals surface area contributed by atoms with Gasteiger partial charge in [0.2, 0.25) is 0 Å². The molecule has 0 saturated carbocycles. The molecular weight excluding hydrogens is 267 g/mol. The topological polar surface area (TPSA) is 50.4 Å². The molecule has 7 heteroatoms. The molecule has 3 nitrogen and oxygen atoms in total. The number of rotatable bonds is 5. The molecule has 0 spiro atoms. The number of hydrogen-bond donors (Lipinski definition) is 2. The van der Waals surface area contributed by atoms with E-state index in [9.17, 15) is 13.2 Å². The van der Waals surface area contributed by atoms with E-state index in [0.29, 0.717) is 5.69 Å². The second-order valence-electron chi connectivity index (χ2n) is 3.43. The minimum absolute atomic E-state index is 0. The third-order valence-electron chi connectivity index (χ3n) is 2.04. The van der Waals surface area contributed by atoms with Crippen molar-refractivity contribution >= 4 is 23.8 Å². The molecule has 0 saturated heterocycles. The quantitative estimate of drug-likeness (QED) is 0.643. The second kappa shape index (κ2) is 7.94. The molecular formula is C11H15ClF3N3. The van der Waals surface area contributed by atoms with Gasteiger partial charge in [-0.3, -0.25) is 5.43 Å². The Morgan fingerprint density at radius 2 is 1.83 bits per heavy atom. The fraction of sp³-hybridized carbons (Fsp3) is 0.364. The maximum absolute atomic E-state index is 12.5. The standard InChI is InChI=1S/C11H14F3N3.ClH/c12-11(13,14)10(7-4-8-15)17-16-9-5-2-1-3-6-9;/h1-3,5-6,16H,4,7-8,15H2;1H/b17-10-;. The predicted molar refractivity (Wildman–Crippen MR) is 69.1 cm³/mol. The van der Waals surface area contributed by atoms with E-state index in [0.717, 1.165) is 0 Å². The highest BCUT2D eigenvalue weighted by molar-refractivity contribution is 5.90. The number of hydrazone groups is 1. The van der Waals surface area contributed by atoms with Gasteiger partial charge < -0.3 is 5.73 Å². The molecule has 0 atom stereocenters. The number of alkyl halides is 3. The Morgan fingerprint density at radius 3 is 2.33 bits per heavy atom. The first-order chi connectivity index (χ1) is 8.04. The molecule has 1 rings (SSSR count). The van der Waals surface area contributed by atoms with Gasteiger partial charge in [0.25, 0.3) is 0 Å². The zero-order valence-electron chi connectivity index (χ0n) is 9.57. The number of nitrogens with one attached hydrogen (secondary N) is 1. The summed E-state index contributed by atoms with van der Waals surface area (Å²) >= 11 is 0. The van der Waals surface area contributed by atoms with Crippen LogP contribution in [0, 0.1) is 0 Å². The van der Waals surface area contributed by atoms with Crippen molar-refractivity contribution in [3.8, 4) is 0 Å². The van der Waals surface area contributed by atoms with Gasteiger partial charge in [-0.1, -0.05) is 18.2 Å². The zero-order valence-corrected chi connectivity index (χ0v) is 10.4. The average Bonchev–Trinajstić information content (AvgIpc) is 2.29. The summed E-state index contributed by atoms with van der Waals surface area (Å²) < 4.78 is 37.6. The Balaban J connectivity index is 0.00000289. The van der Waals surface area contributed by atoms with E-state index in [-0.39, 0.29) is 31.8 Å². The molecule has 3 N–H and O–H groups in total. The smallest absolute Gasteiger partial charge is 0.330 e. The van der Waals surface area contributed by atoms with Crippen molar-refractivity contribution in [1.29, 1.82) is 0 Å². The maximum Gasteiger partial charge on any atom is 0.431 e. The largest absolute Gasteiger partial charge is 0.431 e. The number of hydrogen-bond acceptors (Lipinski definition) is 3. The second-order valence-corrected chi connectivity index (χ2v) is 3.43. The first-order valence-electron chi connectivity index (χ1n) is 5.19. The van der Waals surface area contributed by atoms with Crippen molar-refractivity contribution in [1.82, 2.24) is 0 Å². The van der Waals surface area contributed by atoms with Crippen LogP contribution in [0.4, 0.5) is 18.9 Å². The molecule has 1 aromatic rings. The van der Waals surface area contributed by atoms with E-state index in [1.807, 2.05) is 0 Å². The SMILES string of the molecule is Cl.NCCC/C(=N/Nc1ccccc1)C(F)(F)F. The summed E-state index contributed by atoms with van der Waals surface area (Å²) in [5, 5.41) is 3.39. The van der Waals surface area contributed by atoms with Crippen molar-refractivity contribution in [2.45, 2.75) is 19.0 Å². The van der Waals surface area contributed by atoms with Gasteiger partial charge in [-0.05, 0) is 31.5 Å². The van der Waals surface area contributed by atoms with Crippen molar-refractivity contribution in [2.75, 3.05) is 12.0 Å². The molecule has 0 bridgehead atoms. The summed E-state index contributed by atoms with van der Waals surface area (Å²) in [5.74, 6) is 0. The van der Waals surface area contributed by atoms with E-state index in [2.05, 4.69) is 10.5 Å². The summed E-state index contributed by atoms with van der Waals surface area (Å²) in [4.78, 5) is 0. The molecule has 0 unspecified atom stereocenters. The van der Waals surface area contributed by atoms with Crippen molar-refractivity contribution in [3.05, 3.63) is 30.3 Å². The fourth-order valence-electron chi connectivity index (χ4n) is 1.18. The molecule has 1 aromatic carbocycles. The highest BCUT2D eigenvalue weighted by Gasteiger charge is 2.35. The van der Waals surface area contributed by atoms with Gasteiger partial charge in [-0.2, -0.15) is 18.3 Å². The summed E-state index contributed by atoms with van der Waals surface area (Å²) in [6.45, 7) is 0.209. The molecule has 0 aliphatic heterocycles. The normalized spacial score (nSPS) is 11.9. The van der Waals surface area contributed by atoms with Crippen LogP contribution in [0.3, 0.4) is 0 Å². The number of nitrogens with two attached hydrogens (primary N) is 1. The van der Waals surface area contributed by atoms with Gasteiger partial charge in [0, 0.05) is 0 Å². The lowest BCUT2D eigenvalue weighted by molar-refractivity contribution is -0.0606. The summed E-state index contributed by atoms with van der Waals surface area (Å²) in [6.07, 6.45) is -4.34. The monoisotopic (exact) mass is 281 g/mol. The van der Waals surface area contributed by atoms with Crippen LogP contribution in [0.15, 0.2) is 35.4 Å². The Bertz CT molecular complexity index is 366. The fourth-order valence-corrected chi connectivity index (χ4v) is 1.18. The molecule has 0 amide bonds. The van der Waals surface area contributed by atoms with Gasteiger partial charge in [0.15, 0.2) is 0 Å². The van der Waals surface area contributed by atoms with Crippen LogP contribution in [-0.4, -0.2) is 18.4 Å². The van der Waals surface area contributed by atoms with Crippen LogP contribution in [0.25, 0.3) is 0 Å². The molecule has 0 aromatic heterocycles. The molecule has 0 radical (unpaired) electrons. The Kier molecular flexibility index (Phi) is 7.38. The van der Waals surface area contributed by atoms with Gasteiger partial charge >= 0.3 is 6.18 Å². The number of halogens is 4. The predicted octanol–water partition coefficient (Wildman–Crippen LogP) is 3.18. The van der Waals surface area contributed by atoms with Crippen LogP contribution in [0.2, 0.25) is 0 Å². The lowest BCUT2D eigenvalue weighted by Crippen LogP contribution is -2.25. The van der Waals surface area contributed by atoms with Crippen molar-refractivity contribution in [3.63, 3.8) is 0 Å². The van der Waals surface area contributed by atoms with Crippen LogP contribution < -0.4 is 11.2 Å². The maximum atomic E-state index is 12.5. The third-order valence-corrected chi connectivity index (χ3v) is 2.04. The highest BCUT2D eigenvalue weighted by Crippen LogP contribution is 2.20. The van der Waals surface area contributed by atoms with Gasteiger partial charge in [-0.25, -0.2) is 0 Å². The van der Waals surface area contributed by atoms with Crippen LogP contribution in [-0.2, 0) is 0 Å². The van der Waals surface area contributed by atoms with Crippen molar-refractivity contribution in [2.24, 2.45) is 10.8 Å². The number of benzene rings is 1. The molecule has 18 heavy (non-hydrogen) atoms. The van der Waals surface area contributed by atoms with Crippen LogP contribution >= 0.6 is 12.4 Å². The summed E-state index contributed by atoms with van der Waals surface area (Å²) in [7, 11) is 0. The van der Waals surface area contributed by atoms with Crippen LogP contribution in [0.1, 0.15) is 12.8 Å². The molecule has 0 aliphatic rings. The Hall–Kier alpha value is -1.27. The Labute approximate surface area is 110 Å². The average molecular weight is 282 g/mol. The Morgan fingerprint density at radius 1 is 1.22 bits per heavy atom.